The molecule has 7 nitrogen and oxygen atoms in total. The summed E-state index contributed by atoms with van der Waals surface area (Å²) in [4.78, 5) is 17.6. The van der Waals surface area contributed by atoms with Crippen molar-refractivity contribution < 1.29 is 29.2 Å². The van der Waals surface area contributed by atoms with E-state index < -0.39 is 36.2 Å². The third kappa shape index (κ3) is 5.28. The van der Waals surface area contributed by atoms with Crippen LogP contribution in [0.2, 0.25) is 5.02 Å². The lowest BCUT2D eigenvalue weighted by atomic mass is 9.89. The van der Waals surface area contributed by atoms with E-state index in [0.29, 0.717) is 0 Å². The van der Waals surface area contributed by atoms with E-state index in [-0.39, 0.29) is 42.2 Å². The normalized spacial score (nSPS) is 19.5. The first-order valence-corrected chi connectivity index (χ1v) is 9.14. The molecule has 1 aliphatic rings. The van der Waals surface area contributed by atoms with Crippen molar-refractivity contribution in [2.75, 3.05) is 19.7 Å². The van der Waals surface area contributed by atoms with Crippen molar-refractivity contribution in [3.8, 4) is 0 Å². The number of hydrogen-bond acceptors (Lipinski definition) is 6. The van der Waals surface area contributed by atoms with Gasteiger partial charge in [0.1, 0.15) is 17.8 Å². The highest BCUT2D eigenvalue weighted by Crippen LogP contribution is 2.40. The number of nitrogens with zero attached hydrogens (tertiary/aromatic N) is 2. The van der Waals surface area contributed by atoms with Crippen molar-refractivity contribution in [3.05, 3.63) is 28.5 Å². The molecular formula is C18H26ClFN2O5. The molecule has 27 heavy (non-hydrogen) atoms. The largest absolute Gasteiger partial charge is 0.444 e. The number of pyridine rings is 1. The Hall–Kier alpha value is -1.48. The molecule has 1 aliphatic heterocycles. The smallest absolute Gasteiger partial charge is 0.410 e. The maximum atomic E-state index is 15.4. The van der Waals surface area contributed by atoms with Crippen molar-refractivity contribution >= 4 is 17.7 Å². The average molecular weight is 405 g/mol. The Morgan fingerprint density at radius 3 is 2.48 bits per heavy atom. The van der Waals surface area contributed by atoms with Crippen molar-refractivity contribution in [2.45, 2.75) is 57.1 Å². The van der Waals surface area contributed by atoms with Crippen LogP contribution in [0.4, 0.5) is 9.18 Å². The van der Waals surface area contributed by atoms with Crippen LogP contribution < -0.4 is 0 Å². The van der Waals surface area contributed by atoms with E-state index >= 15 is 4.39 Å². The summed E-state index contributed by atoms with van der Waals surface area (Å²) < 4.78 is 20.7. The molecule has 0 aliphatic carbocycles. The number of amides is 1. The van der Waals surface area contributed by atoms with Gasteiger partial charge in [-0.3, -0.25) is 4.98 Å². The van der Waals surface area contributed by atoms with Gasteiger partial charge in [-0.1, -0.05) is 11.6 Å². The molecule has 1 aromatic heterocycles. The fourth-order valence-electron chi connectivity index (χ4n) is 2.87. The van der Waals surface area contributed by atoms with E-state index in [1.165, 1.54) is 17.2 Å². The molecule has 1 aromatic rings. The highest BCUT2D eigenvalue weighted by molar-refractivity contribution is 6.31. The molecule has 9 heteroatoms. The number of aliphatic hydroxyl groups is 3. The lowest BCUT2D eigenvalue weighted by Crippen LogP contribution is -2.45. The number of aromatic nitrogens is 1. The molecule has 152 valence electrons. The summed E-state index contributed by atoms with van der Waals surface area (Å²) in [5.74, 6) is 0. The van der Waals surface area contributed by atoms with Gasteiger partial charge in [0.25, 0.3) is 0 Å². The van der Waals surface area contributed by atoms with Gasteiger partial charge in [-0.05, 0) is 26.8 Å². The Labute approximate surface area is 162 Å². The van der Waals surface area contributed by atoms with E-state index in [1.54, 1.807) is 20.8 Å². The van der Waals surface area contributed by atoms with Gasteiger partial charge >= 0.3 is 6.09 Å². The number of ether oxygens (including phenoxy) is 1. The van der Waals surface area contributed by atoms with Crippen LogP contribution in [0.5, 0.6) is 0 Å². The van der Waals surface area contributed by atoms with E-state index in [1.807, 2.05) is 0 Å². The number of carbonyl (C=O) groups excluding carboxylic acids is 1. The second-order valence-electron chi connectivity index (χ2n) is 7.73. The van der Waals surface area contributed by atoms with E-state index in [0.717, 1.165) is 0 Å². The quantitative estimate of drug-likeness (QED) is 0.711. The zero-order valence-electron chi connectivity index (χ0n) is 15.7. The van der Waals surface area contributed by atoms with Crippen molar-refractivity contribution in [2.24, 2.45) is 0 Å². The fraction of sp³-hybridized carbons (Fsp3) is 0.667. The molecule has 0 bridgehead atoms. The van der Waals surface area contributed by atoms with E-state index in [2.05, 4.69) is 4.98 Å². The number of alkyl halides is 1. The van der Waals surface area contributed by atoms with Crippen molar-refractivity contribution in [1.29, 1.82) is 0 Å². The number of aliphatic hydroxyl groups excluding tert-OH is 3. The molecule has 0 saturated carbocycles. The highest BCUT2D eigenvalue weighted by atomic mass is 35.5. The Morgan fingerprint density at radius 1 is 1.41 bits per heavy atom. The van der Waals surface area contributed by atoms with Crippen LogP contribution in [0.25, 0.3) is 0 Å². The molecule has 0 unspecified atom stereocenters. The molecule has 0 radical (unpaired) electrons. The monoisotopic (exact) mass is 404 g/mol. The van der Waals surface area contributed by atoms with Gasteiger partial charge in [-0.25, -0.2) is 9.18 Å². The zero-order chi connectivity index (χ0) is 20.4. The topological polar surface area (TPSA) is 103 Å². The van der Waals surface area contributed by atoms with Gasteiger partial charge in [-0.15, -0.1) is 0 Å². The van der Waals surface area contributed by atoms with Crippen LogP contribution in [0, 0.1) is 0 Å². The van der Waals surface area contributed by atoms with Gasteiger partial charge in [0.05, 0.1) is 17.3 Å². The van der Waals surface area contributed by atoms with Crippen LogP contribution in [0.3, 0.4) is 0 Å². The molecular weight excluding hydrogens is 379 g/mol. The molecule has 2 atom stereocenters. The Bertz CT molecular complexity index is 674. The third-order valence-corrected chi connectivity index (χ3v) is 4.68. The maximum Gasteiger partial charge on any atom is 0.410 e. The summed E-state index contributed by atoms with van der Waals surface area (Å²) in [5, 5.41) is 28.3. The molecule has 1 amide bonds. The lowest BCUT2D eigenvalue weighted by Gasteiger charge is -2.37. The van der Waals surface area contributed by atoms with Gasteiger partial charge in [0.15, 0.2) is 5.67 Å². The molecule has 3 N–H and O–H groups in total. The summed E-state index contributed by atoms with van der Waals surface area (Å²) in [5.41, 5.74) is -2.22. The van der Waals surface area contributed by atoms with Crippen molar-refractivity contribution in [1.82, 2.24) is 9.88 Å². The van der Waals surface area contributed by atoms with Gasteiger partial charge in [0.2, 0.25) is 0 Å². The molecule has 0 aromatic carbocycles. The van der Waals surface area contributed by atoms with Crippen LogP contribution in [0.15, 0.2) is 12.3 Å². The summed E-state index contributed by atoms with van der Waals surface area (Å²) in [6.45, 7) is 4.99. The lowest BCUT2D eigenvalue weighted by molar-refractivity contribution is -0.0156. The Kier molecular flexibility index (Phi) is 6.68. The highest BCUT2D eigenvalue weighted by Gasteiger charge is 2.41. The first-order chi connectivity index (χ1) is 12.5. The Balaban J connectivity index is 2.10. The molecule has 1 fully saturated rings. The maximum absolute atomic E-state index is 15.4. The number of hydrogen-bond donors (Lipinski definition) is 3. The van der Waals surface area contributed by atoms with Gasteiger partial charge in [0, 0.05) is 37.7 Å². The zero-order valence-corrected chi connectivity index (χ0v) is 16.4. The van der Waals surface area contributed by atoms with Crippen LogP contribution in [0.1, 0.15) is 51.0 Å². The third-order valence-electron chi connectivity index (χ3n) is 4.39. The molecule has 2 heterocycles. The predicted octanol–water partition coefficient (Wildman–Crippen LogP) is 2.32. The van der Waals surface area contributed by atoms with Gasteiger partial charge in [-0.2, -0.15) is 0 Å². The second-order valence-corrected chi connectivity index (χ2v) is 8.13. The predicted molar refractivity (Wildman–Crippen MR) is 97.1 cm³/mol. The summed E-state index contributed by atoms with van der Waals surface area (Å²) in [6, 6.07) is 1.33. The standard InChI is InChI=1S/C18H26ClFN2O5/c1-17(2,3)27-16(26)22-6-4-18(20,5-7-22)15-12(19)8-11(9-21-15)14(25)13(24)10-23/h8-9,13-14,23-25H,4-7,10H2,1-3H3/t13-,14-/m0/s1. The summed E-state index contributed by atoms with van der Waals surface area (Å²) in [7, 11) is 0. The number of carbonyl (C=O) groups is 1. The first-order valence-electron chi connectivity index (χ1n) is 8.76. The SMILES string of the molecule is CC(C)(C)OC(=O)N1CCC(F)(c2ncc([C@H](O)[C@@H](O)CO)cc2Cl)CC1. The van der Waals surface area contributed by atoms with Crippen LogP contribution >= 0.6 is 11.6 Å². The van der Waals surface area contributed by atoms with Crippen LogP contribution in [-0.2, 0) is 10.4 Å². The van der Waals surface area contributed by atoms with Crippen LogP contribution in [-0.4, -0.2) is 62.7 Å². The summed E-state index contributed by atoms with van der Waals surface area (Å²) >= 11 is 6.17. The average Bonchev–Trinajstić information content (AvgIpc) is 2.59. The minimum atomic E-state index is -1.81. The molecule has 2 rings (SSSR count). The van der Waals surface area contributed by atoms with E-state index in [4.69, 9.17) is 21.4 Å². The molecule has 1 saturated heterocycles. The first kappa shape index (κ1) is 21.8. The van der Waals surface area contributed by atoms with Gasteiger partial charge < -0.3 is 25.0 Å². The van der Waals surface area contributed by atoms with Crippen molar-refractivity contribution in [3.63, 3.8) is 0 Å². The summed E-state index contributed by atoms with van der Waals surface area (Å²) in [6.07, 6.45) is -1.99. The Morgan fingerprint density at radius 2 is 2.00 bits per heavy atom. The minimum Gasteiger partial charge on any atom is -0.444 e. The molecule has 0 spiro atoms. The minimum absolute atomic E-state index is 0.0140. The van der Waals surface area contributed by atoms with E-state index in [9.17, 15) is 15.0 Å². The number of piperidine rings is 1. The fourth-order valence-corrected chi connectivity index (χ4v) is 3.22. The number of rotatable bonds is 4. The number of likely N-dealkylation sites (tertiary alicyclic amines) is 1. The number of halogens is 2. The second kappa shape index (κ2) is 8.26.